The van der Waals surface area contributed by atoms with Crippen LogP contribution in [0.4, 0.5) is 4.79 Å². The van der Waals surface area contributed by atoms with Crippen molar-refractivity contribution in [2.75, 3.05) is 0 Å². The number of hydrazine groups is 1. The van der Waals surface area contributed by atoms with E-state index in [0.717, 1.165) is 0 Å². The molecular formula is C4H6N4O. The summed E-state index contributed by atoms with van der Waals surface area (Å²) < 4.78 is 1.24. The molecule has 0 radical (unpaired) electrons. The zero-order chi connectivity index (χ0) is 6.69. The number of nitrogens with zero attached hydrogens (tertiary/aromatic N) is 2. The maximum Gasteiger partial charge on any atom is 0.340 e. The van der Waals surface area contributed by atoms with Crippen molar-refractivity contribution in [2.45, 2.75) is 0 Å². The van der Waals surface area contributed by atoms with Crippen LogP contribution in [0.1, 0.15) is 0 Å². The number of hydrogen-bond acceptors (Lipinski definition) is 3. The van der Waals surface area contributed by atoms with E-state index in [1.165, 1.54) is 23.3 Å². The zero-order valence-electron chi connectivity index (χ0n) is 4.61. The second kappa shape index (κ2) is 2.27. The average Bonchev–Trinajstić information content (AvgIpc) is 2.37. The molecule has 5 heteroatoms. The van der Waals surface area contributed by atoms with E-state index in [2.05, 4.69) is 4.98 Å². The van der Waals surface area contributed by atoms with E-state index in [1.807, 2.05) is 5.43 Å². The number of hydrogen-bond donors (Lipinski definition) is 2. The lowest BCUT2D eigenvalue weighted by Crippen LogP contribution is -2.33. The van der Waals surface area contributed by atoms with Gasteiger partial charge < -0.3 is 0 Å². The average molecular weight is 126 g/mol. The van der Waals surface area contributed by atoms with Gasteiger partial charge in [-0.3, -0.25) is 9.99 Å². The van der Waals surface area contributed by atoms with Gasteiger partial charge in [0.1, 0.15) is 6.33 Å². The summed E-state index contributed by atoms with van der Waals surface area (Å²) in [6, 6.07) is -0.396. The number of amides is 1. The Labute approximate surface area is 51.5 Å². The van der Waals surface area contributed by atoms with Crippen LogP contribution < -0.4 is 11.3 Å². The first-order valence-electron chi connectivity index (χ1n) is 2.33. The number of carbonyl (C=O) groups is 1. The highest BCUT2D eigenvalue weighted by Crippen LogP contribution is 1.81. The Balaban J connectivity index is 2.77. The predicted octanol–water partition coefficient (Wildman–Crippen LogP) is -0.686. The van der Waals surface area contributed by atoms with Crippen LogP contribution in [0.25, 0.3) is 0 Å². The summed E-state index contributed by atoms with van der Waals surface area (Å²) in [7, 11) is 0. The van der Waals surface area contributed by atoms with Crippen LogP contribution in [-0.4, -0.2) is 15.6 Å². The molecule has 0 aliphatic rings. The van der Waals surface area contributed by atoms with Crippen LogP contribution >= 0.6 is 0 Å². The molecule has 48 valence electrons. The van der Waals surface area contributed by atoms with Crippen molar-refractivity contribution in [3.8, 4) is 0 Å². The second-order valence-electron chi connectivity index (χ2n) is 1.42. The molecule has 0 atom stereocenters. The molecule has 1 amide bonds. The molecule has 0 bridgehead atoms. The Morgan fingerprint density at radius 1 is 1.78 bits per heavy atom. The van der Waals surface area contributed by atoms with Crippen molar-refractivity contribution in [1.29, 1.82) is 0 Å². The van der Waals surface area contributed by atoms with Gasteiger partial charge in [-0.1, -0.05) is 0 Å². The highest BCUT2D eigenvalue weighted by atomic mass is 16.2. The molecule has 1 heterocycles. The lowest BCUT2D eigenvalue weighted by Gasteiger charge is -1.95. The van der Waals surface area contributed by atoms with Crippen LogP contribution in [0.2, 0.25) is 0 Å². The SMILES string of the molecule is NNC(=O)n1ccnc1. The molecular weight excluding hydrogens is 120 g/mol. The fourth-order valence-corrected chi connectivity index (χ4v) is 0.454. The number of nitrogens with one attached hydrogen (secondary N) is 1. The fraction of sp³-hybridized carbons (Fsp3) is 0. The van der Waals surface area contributed by atoms with Crippen LogP contribution in [0, 0.1) is 0 Å². The summed E-state index contributed by atoms with van der Waals surface area (Å²) in [4.78, 5) is 14.2. The minimum Gasteiger partial charge on any atom is -0.275 e. The van der Waals surface area contributed by atoms with E-state index in [1.54, 1.807) is 0 Å². The molecule has 0 aliphatic carbocycles. The van der Waals surface area contributed by atoms with Crippen molar-refractivity contribution in [3.05, 3.63) is 18.7 Å². The van der Waals surface area contributed by atoms with Gasteiger partial charge in [-0.2, -0.15) is 0 Å². The van der Waals surface area contributed by atoms with Gasteiger partial charge in [0.2, 0.25) is 0 Å². The normalized spacial score (nSPS) is 9.00. The zero-order valence-corrected chi connectivity index (χ0v) is 4.61. The Morgan fingerprint density at radius 2 is 2.56 bits per heavy atom. The third kappa shape index (κ3) is 1.06. The Bertz CT molecular complexity index is 192. The van der Waals surface area contributed by atoms with Gasteiger partial charge in [-0.05, 0) is 0 Å². The molecule has 0 aromatic carbocycles. The number of nitrogen functional groups attached to an aromatic ring is 1. The van der Waals surface area contributed by atoms with Gasteiger partial charge in [-0.25, -0.2) is 15.6 Å². The molecule has 0 saturated carbocycles. The van der Waals surface area contributed by atoms with Crippen molar-refractivity contribution in [2.24, 2.45) is 5.84 Å². The Kier molecular flexibility index (Phi) is 1.46. The maximum atomic E-state index is 10.6. The smallest absolute Gasteiger partial charge is 0.275 e. The van der Waals surface area contributed by atoms with Gasteiger partial charge >= 0.3 is 6.03 Å². The van der Waals surface area contributed by atoms with Crippen LogP contribution in [0.15, 0.2) is 18.7 Å². The largest absolute Gasteiger partial charge is 0.340 e. The van der Waals surface area contributed by atoms with E-state index in [0.29, 0.717) is 0 Å². The topological polar surface area (TPSA) is 72.9 Å². The molecule has 0 spiro atoms. The molecule has 0 unspecified atom stereocenters. The molecule has 1 aromatic heterocycles. The predicted molar refractivity (Wildman–Crippen MR) is 30.3 cm³/mol. The van der Waals surface area contributed by atoms with E-state index >= 15 is 0 Å². The first-order valence-corrected chi connectivity index (χ1v) is 2.33. The van der Waals surface area contributed by atoms with Crippen LogP contribution in [0.3, 0.4) is 0 Å². The van der Waals surface area contributed by atoms with Gasteiger partial charge in [0.15, 0.2) is 0 Å². The summed E-state index contributed by atoms with van der Waals surface area (Å²) >= 11 is 0. The van der Waals surface area contributed by atoms with Crippen LogP contribution in [-0.2, 0) is 0 Å². The number of imidazole rings is 1. The van der Waals surface area contributed by atoms with Gasteiger partial charge in [0, 0.05) is 12.4 Å². The lowest BCUT2D eigenvalue weighted by atomic mass is 10.9. The standard InChI is InChI=1S/C4H6N4O/c5-7-4(9)8-2-1-6-3-8/h1-3H,5H2,(H,7,9). The summed E-state index contributed by atoms with van der Waals surface area (Å²) in [5.41, 5.74) is 1.95. The van der Waals surface area contributed by atoms with Crippen molar-refractivity contribution >= 4 is 6.03 Å². The quantitative estimate of drug-likeness (QED) is 0.274. The molecule has 3 N–H and O–H groups in total. The lowest BCUT2D eigenvalue weighted by molar-refractivity contribution is 0.242. The van der Waals surface area contributed by atoms with E-state index in [9.17, 15) is 4.79 Å². The number of nitrogens with two attached hydrogens (primary N) is 1. The number of rotatable bonds is 0. The molecule has 1 aromatic rings. The highest BCUT2D eigenvalue weighted by molar-refractivity contribution is 5.75. The molecule has 0 fully saturated rings. The molecule has 5 nitrogen and oxygen atoms in total. The maximum absolute atomic E-state index is 10.6. The summed E-state index contributed by atoms with van der Waals surface area (Å²) in [5.74, 6) is 4.82. The summed E-state index contributed by atoms with van der Waals surface area (Å²) in [6.45, 7) is 0. The van der Waals surface area contributed by atoms with Crippen molar-refractivity contribution in [3.63, 3.8) is 0 Å². The number of carbonyl (C=O) groups excluding carboxylic acids is 1. The second-order valence-corrected chi connectivity index (χ2v) is 1.42. The van der Waals surface area contributed by atoms with Gasteiger partial charge in [0.25, 0.3) is 0 Å². The highest BCUT2D eigenvalue weighted by Gasteiger charge is 1.96. The molecule has 0 aliphatic heterocycles. The van der Waals surface area contributed by atoms with Crippen LogP contribution in [0.5, 0.6) is 0 Å². The minimum absolute atomic E-state index is 0.396. The summed E-state index contributed by atoms with van der Waals surface area (Å²) in [6.07, 6.45) is 4.36. The minimum atomic E-state index is -0.396. The third-order valence-electron chi connectivity index (χ3n) is 0.862. The van der Waals surface area contributed by atoms with E-state index in [4.69, 9.17) is 5.84 Å². The Morgan fingerprint density at radius 3 is 3.00 bits per heavy atom. The first kappa shape index (κ1) is 5.77. The van der Waals surface area contributed by atoms with E-state index in [-0.39, 0.29) is 0 Å². The Hall–Kier alpha value is -1.36. The number of aromatic nitrogens is 2. The van der Waals surface area contributed by atoms with Gasteiger partial charge in [-0.15, -0.1) is 0 Å². The van der Waals surface area contributed by atoms with E-state index < -0.39 is 6.03 Å². The monoisotopic (exact) mass is 126 g/mol. The van der Waals surface area contributed by atoms with Crippen molar-refractivity contribution < 1.29 is 4.79 Å². The van der Waals surface area contributed by atoms with Gasteiger partial charge in [0.05, 0.1) is 0 Å². The molecule has 1 rings (SSSR count). The van der Waals surface area contributed by atoms with Crippen molar-refractivity contribution in [1.82, 2.24) is 15.0 Å². The molecule has 0 saturated heterocycles. The summed E-state index contributed by atoms with van der Waals surface area (Å²) in [5, 5.41) is 0. The first-order chi connectivity index (χ1) is 4.34. The fourth-order valence-electron chi connectivity index (χ4n) is 0.454. The molecule has 9 heavy (non-hydrogen) atoms. The third-order valence-corrected chi connectivity index (χ3v) is 0.862.